The van der Waals surface area contributed by atoms with Crippen molar-refractivity contribution in [1.82, 2.24) is 6.15 Å². The Kier molecular flexibility index (Phi) is 182. The Balaban J connectivity index is -0.0000000200. The molecular weight excluding hydrogens is 73.0 g/mol. The van der Waals surface area contributed by atoms with Gasteiger partial charge in [-0.3, -0.25) is 4.70 Å². The summed E-state index contributed by atoms with van der Waals surface area (Å²) in [6, 6.07) is 0. The fourth-order valence-corrected chi connectivity index (χ4v) is 0. The van der Waals surface area contributed by atoms with Crippen molar-refractivity contribution in [1.29, 1.82) is 0 Å². The van der Waals surface area contributed by atoms with Gasteiger partial charge in [-0.2, -0.15) is 0 Å². The Hall–Kier alpha value is -0.150. The minimum atomic E-state index is 0. The summed E-state index contributed by atoms with van der Waals surface area (Å²) >= 11 is 0. The van der Waals surface area contributed by atoms with Crippen LogP contribution in [0.5, 0.6) is 0 Å². The quantitative estimate of drug-likeness (QED) is 0.436. The molecule has 0 aromatic heterocycles. The van der Waals surface area contributed by atoms with Crippen LogP contribution in [0, 0.1) is 0 Å². The van der Waals surface area contributed by atoms with Crippen LogP contribution in [0.15, 0.2) is 0 Å². The zero-order valence-electron chi connectivity index (χ0n) is 3.52. The monoisotopic (exact) mass is 83.1 g/mol. The molecule has 0 heterocycles. The molecule has 0 aliphatic heterocycles. The van der Waals surface area contributed by atoms with Gasteiger partial charge in [0.2, 0.25) is 0 Å². The molecule has 0 aliphatic rings. The summed E-state index contributed by atoms with van der Waals surface area (Å²) in [7, 11) is 0. The molecule has 0 saturated heterocycles. The van der Waals surface area contributed by atoms with Gasteiger partial charge < -0.3 is 11.3 Å². The molecule has 0 unspecified atom stereocenters. The largest absolute Gasteiger partial charge is 0.855 e. The molecule has 3 heteroatoms. The van der Waals surface area contributed by atoms with E-state index in [1.165, 1.54) is 0 Å². The summed E-state index contributed by atoms with van der Waals surface area (Å²) < 4.78 is 0. The van der Waals surface area contributed by atoms with E-state index < -0.39 is 0 Å². The van der Waals surface area contributed by atoms with Gasteiger partial charge >= 0.3 is 0 Å². The van der Waals surface area contributed by atoms with E-state index in [-0.39, 0.29) is 17.5 Å². The second-order valence-electron chi connectivity index (χ2n) is 0.289. The third-order valence-electron chi connectivity index (χ3n) is 0. The number of hydrogen-bond donors (Lipinski definition) is 1. The van der Waals surface area contributed by atoms with Crippen LogP contribution in [-0.2, 0) is 0 Å². The first-order valence-electron chi connectivity index (χ1n) is 0.996. The maximum absolute atomic E-state index is 8.93. The zero-order chi connectivity index (χ0) is 2.71. The topological polar surface area (TPSA) is 59.6 Å². The molecule has 0 aromatic carbocycles. The molecule has 0 fully saturated rings. The lowest BCUT2D eigenvalue weighted by atomic mass is 10.9. The lowest BCUT2D eigenvalue weighted by Crippen LogP contribution is -1.97. The van der Waals surface area contributed by atoms with Crippen molar-refractivity contribution in [3.63, 3.8) is 0 Å². The fourth-order valence-electron chi connectivity index (χ4n) is 0. The molecule has 0 bridgehead atoms. The van der Waals surface area contributed by atoms with Crippen LogP contribution < -0.4 is 11.3 Å². The van der Waals surface area contributed by atoms with Crippen LogP contribution in [0.4, 0.5) is 4.70 Å². The standard InChI is InChI=1S/C2H5O.FH.H3N/c1-2-3;;/h2H2,1H3;1H;1H3/q-1;;/p+1. The Bertz CT molecular complexity index is 9.61. The van der Waals surface area contributed by atoms with Crippen molar-refractivity contribution in [2.24, 2.45) is 0 Å². The first-order valence-corrected chi connectivity index (χ1v) is 0.996. The minimum Gasteiger partial charge on any atom is -0.855 e. The molecule has 0 spiro atoms. The highest BCUT2D eigenvalue weighted by atomic mass is 19.0. The van der Waals surface area contributed by atoms with Crippen LogP contribution in [0.25, 0.3) is 0 Å². The Morgan fingerprint density at radius 2 is 1.60 bits per heavy atom. The van der Waals surface area contributed by atoms with Crippen LogP contribution in [0.3, 0.4) is 0 Å². The van der Waals surface area contributed by atoms with Crippen molar-refractivity contribution < 1.29 is 9.81 Å². The van der Waals surface area contributed by atoms with E-state index in [1.54, 1.807) is 6.92 Å². The molecular formula is C2H10FNO. The van der Waals surface area contributed by atoms with Gasteiger partial charge in [0, 0.05) is 0 Å². The van der Waals surface area contributed by atoms with E-state index >= 15 is 0 Å². The summed E-state index contributed by atoms with van der Waals surface area (Å²) in [5.41, 5.74) is 0. The molecule has 4 N–H and O–H groups in total. The van der Waals surface area contributed by atoms with E-state index in [1.807, 2.05) is 0 Å². The van der Waals surface area contributed by atoms with Crippen molar-refractivity contribution >= 4 is 0 Å². The highest BCUT2D eigenvalue weighted by Gasteiger charge is 1.16. The molecule has 0 aliphatic carbocycles. The number of hydrogen-bond acceptors (Lipinski definition) is 1. The summed E-state index contributed by atoms with van der Waals surface area (Å²) in [5.74, 6) is 0. The number of halogens is 1. The van der Waals surface area contributed by atoms with Crippen LogP contribution in [-0.4, -0.2) is 6.61 Å². The van der Waals surface area contributed by atoms with Crippen molar-refractivity contribution in [2.45, 2.75) is 6.92 Å². The molecule has 36 valence electrons. The first kappa shape index (κ1) is 21.0. The fraction of sp³-hybridized carbons (Fsp3) is 1.00. The third kappa shape index (κ3) is 586. The van der Waals surface area contributed by atoms with Crippen LogP contribution in [0.2, 0.25) is 0 Å². The van der Waals surface area contributed by atoms with Gasteiger partial charge in [0.1, 0.15) is 0 Å². The first-order chi connectivity index (χ1) is 1.41. The van der Waals surface area contributed by atoms with Crippen molar-refractivity contribution in [2.75, 3.05) is 6.61 Å². The molecule has 0 saturated carbocycles. The smallest absolute Gasteiger partial charge is 0.0809 e. The SMILES string of the molecule is CC[O-].F.[NH4+]. The maximum Gasteiger partial charge on any atom is -0.0809 e. The molecule has 5 heavy (non-hydrogen) atoms. The third-order valence-corrected chi connectivity index (χ3v) is 0. The second kappa shape index (κ2) is 43.3. The minimum absolute atomic E-state index is 0. The predicted molar refractivity (Wildman–Crippen MR) is 19.0 cm³/mol. The van der Waals surface area contributed by atoms with E-state index in [0.29, 0.717) is 0 Å². The highest BCUT2D eigenvalue weighted by molar-refractivity contribution is 3.79. The van der Waals surface area contributed by atoms with Gasteiger partial charge in [-0.25, -0.2) is 0 Å². The van der Waals surface area contributed by atoms with Gasteiger partial charge in [0.05, 0.1) is 0 Å². The van der Waals surface area contributed by atoms with E-state index in [4.69, 9.17) is 5.11 Å². The lowest BCUT2D eigenvalue weighted by Gasteiger charge is -1.79. The Morgan fingerprint density at radius 1 is 1.60 bits per heavy atom. The normalized spacial score (nSPS) is 3.60. The van der Waals surface area contributed by atoms with E-state index in [9.17, 15) is 0 Å². The van der Waals surface area contributed by atoms with E-state index in [0.717, 1.165) is 0 Å². The summed E-state index contributed by atoms with van der Waals surface area (Å²) in [6.45, 7) is 1.57. The number of rotatable bonds is 0. The molecule has 0 rings (SSSR count). The molecule has 0 amide bonds. The second-order valence-corrected chi connectivity index (χ2v) is 0.289. The Morgan fingerprint density at radius 3 is 1.60 bits per heavy atom. The van der Waals surface area contributed by atoms with Crippen molar-refractivity contribution in [3.05, 3.63) is 0 Å². The summed E-state index contributed by atoms with van der Waals surface area (Å²) in [6.07, 6.45) is 0. The lowest BCUT2D eigenvalue weighted by molar-refractivity contribution is -0.361. The molecule has 0 radical (unpaired) electrons. The molecule has 0 aromatic rings. The molecule has 0 atom stereocenters. The highest BCUT2D eigenvalue weighted by Crippen LogP contribution is 1.18. The summed E-state index contributed by atoms with van der Waals surface area (Å²) in [5, 5.41) is 8.93. The van der Waals surface area contributed by atoms with Gasteiger partial charge in [-0.15, -0.1) is 6.61 Å². The predicted octanol–water partition coefficient (Wildman–Crippen LogP) is -0.105. The maximum atomic E-state index is 8.93. The summed E-state index contributed by atoms with van der Waals surface area (Å²) in [4.78, 5) is 0. The average molecular weight is 83.1 g/mol. The van der Waals surface area contributed by atoms with Gasteiger partial charge in [0.15, 0.2) is 0 Å². The Labute approximate surface area is 30.8 Å². The van der Waals surface area contributed by atoms with Gasteiger partial charge in [0.25, 0.3) is 0 Å². The average Bonchev–Trinajstić information content (AvgIpc) is 0.918. The van der Waals surface area contributed by atoms with Crippen LogP contribution >= 0.6 is 0 Å². The van der Waals surface area contributed by atoms with Crippen molar-refractivity contribution in [3.8, 4) is 0 Å². The van der Waals surface area contributed by atoms with Crippen LogP contribution in [0.1, 0.15) is 6.92 Å². The van der Waals surface area contributed by atoms with Gasteiger partial charge in [-0.1, -0.05) is 6.92 Å². The molecule has 2 nitrogen and oxygen atoms in total. The zero-order valence-corrected chi connectivity index (χ0v) is 3.52. The number of quaternary nitrogens is 1. The van der Waals surface area contributed by atoms with E-state index in [2.05, 4.69) is 0 Å². The van der Waals surface area contributed by atoms with Gasteiger partial charge in [-0.05, 0) is 0 Å².